The number of benzene rings is 2. The van der Waals surface area contributed by atoms with Gasteiger partial charge in [-0.2, -0.15) is 0 Å². The Morgan fingerprint density at radius 3 is 2.61 bits per heavy atom. The molecule has 4 rings (SSSR count). The Labute approximate surface area is 216 Å². The Morgan fingerprint density at radius 2 is 1.81 bits per heavy atom. The van der Waals surface area contributed by atoms with Crippen molar-refractivity contribution in [3.8, 4) is 5.75 Å². The van der Waals surface area contributed by atoms with Crippen molar-refractivity contribution in [2.75, 3.05) is 19.6 Å². The molecule has 0 unspecified atom stereocenters. The Hall–Kier alpha value is -2.85. The molecule has 1 aliphatic heterocycles. The molecule has 192 valence electrons. The fourth-order valence-electron chi connectivity index (χ4n) is 5.14. The molecule has 1 aliphatic rings. The van der Waals surface area contributed by atoms with Crippen molar-refractivity contribution < 1.29 is 9.53 Å². The topological polar surface area (TPSA) is 45.3 Å². The van der Waals surface area contributed by atoms with Gasteiger partial charge in [0, 0.05) is 36.6 Å². The highest BCUT2D eigenvalue weighted by molar-refractivity contribution is 5.85. The maximum absolute atomic E-state index is 12.3. The molecule has 0 radical (unpaired) electrons. The van der Waals surface area contributed by atoms with Crippen LogP contribution in [0.25, 0.3) is 16.5 Å². The maximum Gasteiger partial charge on any atom is 0.311 e. The molecular weight excluding hydrogens is 444 g/mol. The van der Waals surface area contributed by atoms with E-state index >= 15 is 0 Å². The van der Waals surface area contributed by atoms with Gasteiger partial charge in [0.25, 0.3) is 0 Å². The number of aryl methyl sites for hydroxylation is 1. The summed E-state index contributed by atoms with van der Waals surface area (Å²) in [5.41, 5.74) is 5.26. The van der Waals surface area contributed by atoms with Crippen molar-refractivity contribution in [1.29, 1.82) is 0 Å². The normalized spacial score (nSPS) is 14.2. The van der Waals surface area contributed by atoms with Crippen LogP contribution >= 0.6 is 0 Å². The molecular formula is C32H42N2O2. The fourth-order valence-corrected chi connectivity index (χ4v) is 5.14. The Morgan fingerprint density at radius 1 is 0.972 bits per heavy atom. The smallest absolute Gasteiger partial charge is 0.311 e. The molecule has 0 spiro atoms. The molecule has 0 bridgehead atoms. The minimum Gasteiger partial charge on any atom is -0.427 e. The number of aromatic nitrogens is 1. The van der Waals surface area contributed by atoms with Crippen molar-refractivity contribution >= 4 is 22.4 Å². The van der Waals surface area contributed by atoms with E-state index in [9.17, 15) is 4.79 Å². The zero-order valence-electron chi connectivity index (χ0n) is 21.9. The van der Waals surface area contributed by atoms with Gasteiger partial charge in [0.1, 0.15) is 5.75 Å². The van der Waals surface area contributed by atoms with Crippen LogP contribution in [0, 0.1) is 0 Å². The van der Waals surface area contributed by atoms with Crippen molar-refractivity contribution in [2.45, 2.75) is 77.6 Å². The minimum absolute atomic E-state index is 0.118. The SMILES string of the molecule is CCCCCCCCC(=O)Oc1ccc2[nH]cc(CCCCN3CC=C(c4ccccc4)CC3)c2c1. The third-order valence-electron chi connectivity index (χ3n) is 7.31. The summed E-state index contributed by atoms with van der Waals surface area (Å²) in [6, 6.07) is 16.7. The van der Waals surface area contributed by atoms with E-state index in [1.54, 1.807) is 0 Å². The first-order valence-electron chi connectivity index (χ1n) is 14.0. The first-order valence-corrected chi connectivity index (χ1v) is 14.0. The maximum atomic E-state index is 12.3. The number of carbonyl (C=O) groups is 1. The molecule has 2 heterocycles. The largest absolute Gasteiger partial charge is 0.427 e. The summed E-state index contributed by atoms with van der Waals surface area (Å²) >= 11 is 0. The van der Waals surface area contributed by atoms with E-state index in [0.29, 0.717) is 12.2 Å². The monoisotopic (exact) mass is 486 g/mol. The third-order valence-corrected chi connectivity index (χ3v) is 7.31. The van der Waals surface area contributed by atoms with Crippen LogP contribution in [-0.4, -0.2) is 35.5 Å². The second-order valence-corrected chi connectivity index (χ2v) is 10.1. The second kappa shape index (κ2) is 14.0. The van der Waals surface area contributed by atoms with Crippen molar-refractivity contribution in [3.63, 3.8) is 0 Å². The molecule has 0 fully saturated rings. The standard InChI is InChI=1S/C32H42N2O2/c1-2-3-4-5-6-10-16-32(35)36-29-17-18-31-30(24-29)28(25-33-31)15-11-12-21-34-22-19-27(20-23-34)26-13-8-7-9-14-26/h7-9,13-14,17-19,24-25,33H,2-6,10-12,15-16,20-23H2,1H3. The van der Waals surface area contributed by atoms with Crippen LogP contribution in [0.5, 0.6) is 5.75 Å². The number of rotatable bonds is 14. The number of ether oxygens (including phenoxy) is 1. The highest BCUT2D eigenvalue weighted by Gasteiger charge is 2.13. The summed E-state index contributed by atoms with van der Waals surface area (Å²) in [7, 11) is 0. The number of esters is 1. The van der Waals surface area contributed by atoms with Gasteiger partial charge in [-0.15, -0.1) is 0 Å². The van der Waals surface area contributed by atoms with E-state index in [4.69, 9.17) is 4.74 Å². The lowest BCUT2D eigenvalue weighted by atomic mass is 9.99. The first kappa shape index (κ1) is 26.2. The lowest BCUT2D eigenvalue weighted by Crippen LogP contribution is -2.29. The predicted octanol–water partition coefficient (Wildman–Crippen LogP) is 7.94. The van der Waals surface area contributed by atoms with Gasteiger partial charge in [-0.25, -0.2) is 0 Å². The van der Waals surface area contributed by atoms with E-state index in [1.807, 2.05) is 18.2 Å². The number of H-pyrrole nitrogens is 1. The number of unbranched alkanes of at least 4 members (excludes halogenated alkanes) is 6. The second-order valence-electron chi connectivity index (χ2n) is 10.1. The molecule has 0 aliphatic carbocycles. The van der Waals surface area contributed by atoms with Crippen LogP contribution in [0.15, 0.2) is 60.8 Å². The summed E-state index contributed by atoms with van der Waals surface area (Å²) in [5.74, 6) is 0.543. The summed E-state index contributed by atoms with van der Waals surface area (Å²) in [5, 5.41) is 1.17. The average molecular weight is 487 g/mol. The van der Waals surface area contributed by atoms with E-state index in [0.717, 1.165) is 57.3 Å². The summed E-state index contributed by atoms with van der Waals surface area (Å²) in [6.45, 7) is 5.55. The summed E-state index contributed by atoms with van der Waals surface area (Å²) in [6.07, 6.45) is 16.6. The quantitative estimate of drug-likeness (QED) is 0.143. The van der Waals surface area contributed by atoms with E-state index < -0.39 is 0 Å². The molecule has 1 N–H and O–H groups in total. The lowest BCUT2D eigenvalue weighted by Gasteiger charge is -2.26. The number of aromatic amines is 1. The van der Waals surface area contributed by atoms with Crippen LogP contribution in [0.1, 0.15) is 82.3 Å². The molecule has 3 aromatic rings. The number of carbonyl (C=O) groups excluding carboxylic acids is 1. The van der Waals surface area contributed by atoms with Crippen LogP contribution in [0.3, 0.4) is 0 Å². The summed E-state index contributed by atoms with van der Waals surface area (Å²) < 4.78 is 5.66. The number of nitrogens with zero attached hydrogens (tertiary/aromatic N) is 1. The minimum atomic E-state index is -0.118. The number of fused-ring (bicyclic) bond motifs is 1. The zero-order valence-corrected chi connectivity index (χ0v) is 21.9. The molecule has 1 aromatic heterocycles. The zero-order chi connectivity index (χ0) is 25.0. The van der Waals surface area contributed by atoms with Crippen LogP contribution in [0.2, 0.25) is 0 Å². The van der Waals surface area contributed by atoms with Crippen LogP contribution in [0.4, 0.5) is 0 Å². The molecule has 0 saturated heterocycles. The van der Waals surface area contributed by atoms with Gasteiger partial charge in [-0.3, -0.25) is 9.69 Å². The number of nitrogens with one attached hydrogen (secondary N) is 1. The Bertz CT molecular complexity index is 1120. The lowest BCUT2D eigenvalue weighted by molar-refractivity contribution is -0.134. The molecule has 36 heavy (non-hydrogen) atoms. The van der Waals surface area contributed by atoms with Crippen molar-refractivity contribution in [2.24, 2.45) is 0 Å². The van der Waals surface area contributed by atoms with Crippen molar-refractivity contribution in [1.82, 2.24) is 9.88 Å². The highest BCUT2D eigenvalue weighted by atomic mass is 16.5. The Kier molecular flexibility index (Phi) is 10.2. The Balaban J connectivity index is 1.19. The van der Waals surface area contributed by atoms with Crippen LogP contribution in [-0.2, 0) is 11.2 Å². The van der Waals surface area contributed by atoms with Gasteiger partial charge in [0.05, 0.1) is 0 Å². The van der Waals surface area contributed by atoms with Gasteiger partial charge in [-0.1, -0.05) is 75.4 Å². The molecule has 4 nitrogen and oxygen atoms in total. The van der Waals surface area contributed by atoms with Gasteiger partial charge in [0.15, 0.2) is 0 Å². The molecule has 0 saturated carbocycles. The highest BCUT2D eigenvalue weighted by Crippen LogP contribution is 2.26. The number of hydrogen-bond acceptors (Lipinski definition) is 3. The number of hydrogen-bond donors (Lipinski definition) is 1. The first-order chi connectivity index (χ1) is 17.7. The van der Waals surface area contributed by atoms with Gasteiger partial charge in [0.2, 0.25) is 0 Å². The predicted molar refractivity (Wildman–Crippen MR) is 150 cm³/mol. The van der Waals surface area contributed by atoms with Crippen LogP contribution < -0.4 is 4.74 Å². The summed E-state index contributed by atoms with van der Waals surface area (Å²) in [4.78, 5) is 18.2. The van der Waals surface area contributed by atoms with E-state index in [-0.39, 0.29) is 5.97 Å². The average Bonchev–Trinajstić information content (AvgIpc) is 3.31. The molecule has 2 aromatic carbocycles. The van der Waals surface area contributed by atoms with Gasteiger partial charge < -0.3 is 9.72 Å². The van der Waals surface area contributed by atoms with Crippen molar-refractivity contribution in [3.05, 3.63) is 71.9 Å². The van der Waals surface area contributed by atoms with E-state index in [2.05, 4.69) is 59.4 Å². The third kappa shape index (κ3) is 7.83. The molecule has 0 amide bonds. The van der Waals surface area contributed by atoms with Gasteiger partial charge in [-0.05, 0) is 73.5 Å². The molecule has 0 atom stereocenters. The van der Waals surface area contributed by atoms with Gasteiger partial charge >= 0.3 is 5.97 Å². The molecule has 4 heteroatoms. The fraction of sp³-hybridized carbons (Fsp3) is 0.469. The van der Waals surface area contributed by atoms with E-state index in [1.165, 1.54) is 54.2 Å².